The highest BCUT2D eigenvalue weighted by atomic mass is 19.4. The van der Waals surface area contributed by atoms with E-state index >= 15 is 0 Å². The van der Waals surface area contributed by atoms with Crippen LogP contribution in [0.4, 0.5) is 49.6 Å². The summed E-state index contributed by atoms with van der Waals surface area (Å²) in [5.74, 6) is -11.5. The summed E-state index contributed by atoms with van der Waals surface area (Å²) >= 11 is 0. The van der Waals surface area contributed by atoms with Crippen LogP contribution < -0.4 is 9.64 Å². The van der Waals surface area contributed by atoms with Crippen LogP contribution in [-0.2, 0) is 17.9 Å². The Morgan fingerprint density at radius 3 is 1.83 bits per heavy atom. The Morgan fingerprint density at radius 1 is 0.714 bits per heavy atom. The Labute approximate surface area is 235 Å². The molecule has 1 atom stereocenters. The quantitative estimate of drug-likeness (QED) is 0.245. The lowest BCUT2D eigenvalue weighted by atomic mass is 9.87. The SMILES string of the molecule is CC(C)(C)c1cccc(Oc2cccc(N(Cc3cccc(C(F)(F)C(F)(F)C(F)(F)F)c3)C[C@@H](O)C(F)(F)F)c2)c1. The molecule has 0 fully saturated rings. The van der Waals surface area contributed by atoms with E-state index in [1.165, 1.54) is 24.3 Å². The molecule has 13 heteroatoms. The molecule has 0 heterocycles. The number of rotatable bonds is 9. The van der Waals surface area contributed by atoms with Crippen molar-refractivity contribution < 1.29 is 53.7 Å². The van der Waals surface area contributed by atoms with Crippen molar-refractivity contribution in [3.05, 3.63) is 89.5 Å². The molecule has 0 aromatic heterocycles. The van der Waals surface area contributed by atoms with E-state index in [1.807, 2.05) is 26.8 Å². The summed E-state index contributed by atoms with van der Waals surface area (Å²) in [6, 6.07) is 15.1. The minimum Gasteiger partial charge on any atom is -0.457 e. The summed E-state index contributed by atoms with van der Waals surface area (Å²) in [5, 5.41) is 9.74. The predicted molar refractivity (Wildman–Crippen MR) is 136 cm³/mol. The Bertz CT molecular complexity index is 1360. The average molecular weight is 612 g/mol. The van der Waals surface area contributed by atoms with Gasteiger partial charge in [0, 0.05) is 23.9 Å². The number of hydrogen-bond donors (Lipinski definition) is 1. The van der Waals surface area contributed by atoms with Crippen LogP contribution in [0.5, 0.6) is 11.5 Å². The van der Waals surface area contributed by atoms with E-state index in [2.05, 4.69) is 0 Å². The summed E-state index contributed by atoms with van der Waals surface area (Å²) in [5.41, 5.74) is -1.28. The second-order valence-corrected chi connectivity index (χ2v) is 10.7. The van der Waals surface area contributed by atoms with Gasteiger partial charge in [0.2, 0.25) is 0 Å². The molecule has 0 unspecified atom stereocenters. The highest BCUT2D eigenvalue weighted by Crippen LogP contribution is 2.51. The second kappa shape index (κ2) is 11.7. The summed E-state index contributed by atoms with van der Waals surface area (Å²) < 4.78 is 139. The van der Waals surface area contributed by atoms with E-state index < -0.39 is 49.0 Å². The van der Waals surface area contributed by atoms with Crippen molar-refractivity contribution in [2.24, 2.45) is 0 Å². The molecule has 0 bridgehead atoms. The molecule has 0 saturated carbocycles. The van der Waals surface area contributed by atoms with E-state index in [9.17, 15) is 49.0 Å². The molecule has 3 rings (SSSR count). The Morgan fingerprint density at radius 2 is 1.26 bits per heavy atom. The third kappa shape index (κ3) is 7.47. The highest BCUT2D eigenvalue weighted by molar-refractivity contribution is 5.52. The molecule has 1 N–H and O–H groups in total. The summed E-state index contributed by atoms with van der Waals surface area (Å²) in [4.78, 5) is 0.912. The number of aliphatic hydroxyl groups is 1. The molecular weight excluding hydrogens is 584 g/mol. The number of ether oxygens (including phenoxy) is 1. The van der Waals surface area contributed by atoms with Crippen LogP contribution in [0.25, 0.3) is 0 Å². The summed E-state index contributed by atoms with van der Waals surface area (Å²) in [7, 11) is 0. The average Bonchev–Trinajstić information content (AvgIpc) is 2.87. The zero-order chi connectivity index (χ0) is 31.7. The fourth-order valence-corrected chi connectivity index (χ4v) is 3.92. The van der Waals surface area contributed by atoms with Gasteiger partial charge < -0.3 is 14.7 Å². The van der Waals surface area contributed by atoms with Gasteiger partial charge in [-0.2, -0.15) is 43.9 Å². The number of benzene rings is 3. The van der Waals surface area contributed by atoms with Gasteiger partial charge in [-0.15, -0.1) is 0 Å². The Kier molecular flexibility index (Phi) is 9.17. The Hall–Kier alpha value is -3.48. The first-order valence-corrected chi connectivity index (χ1v) is 12.4. The zero-order valence-electron chi connectivity index (χ0n) is 22.5. The monoisotopic (exact) mass is 611 g/mol. The van der Waals surface area contributed by atoms with Crippen LogP contribution in [0.2, 0.25) is 0 Å². The van der Waals surface area contributed by atoms with Gasteiger partial charge in [0.25, 0.3) is 0 Å². The first-order chi connectivity index (χ1) is 19.1. The molecule has 3 aromatic rings. The van der Waals surface area contributed by atoms with Crippen molar-refractivity contribution in [1.82, 2.24) is 0 Å². The lowest BCUT2D eigenvalue weighted by molar-refractivity contribution is -0.359. The molecule has 230 valence electrons. The largest absolute Gasteiger partial charge is 0.460 e. The van der Waals surface area contributed by atoms with Crippen molar-refractivity contribution in [2.45, 2.75) is 63.0 Å². The normalized spacial score (nSPS) is 14.0. The molecule has 0 aliphatic carbocycles. The Balaban J connectivity index is 1.97. The first-order valence-electron chi connectivity index (χ1n) is 12.4. The smallest absolute Gasteiger partial charge is 0.457 e. The minimum atomic E-state index is -6.57. The van der Waals surface area contributed by atoms with Crippen LogP contribution in [0, 0.1) is 0 Å². The van der Waals surface area contributed by atoms with E-state index in [1.54, 1.807) is 18.2 Å². The van der Waals surface area contributed by atoms with Gasteiger partial charge in [-0.05, 0) is 46.9 Å². The van der Waals surface area contributed by atoms with Crippen molar-refractivity contribution in [2.75, 3.05) is 11.4 Å². The third-order valence-electron chi connectivity index (χ3n) is 6.30. The van der Waals surface area contributed by atoms with Crippen molar-refractivity contribution >= 4 is 5.69 Å². The van der Waals surface area contributed by atoms with E-state index in [0.717, 1.165) is 22.6 Å². The molecule has 0 aliphatic heterocycles. The van der Waals surface area contributed by atoms with Crippen LogP contribution in [0.1, 0.15) is 37.5 Å². The summed E-state index contributed by atoms with van der Waals surface area (Å²) in [6.07, 6.45) is -14.6. The maximum absolute atomic E-state index is 14.3. The van der Waals surface area contributed by atoms with Gasteiger partial charge in [-0.25, -0.2) is 0 Å². The van der Waals surface area contributed by atoms with E-state index in [4.69, 9.17) is 4.74 Å². The number of alkyl halides is 10. The molecule has 3 aromatic carbocycles. The van der Waals surface area contributed by atoms with Crippen molar-refractivity contribution in [1.29, 1.82) is 0 Å². The number of anilines is 1. The zero-order valence-corrected chi connectivity index (χ0v) is 22.5. The van der Waals surface area contributed by atoms with E-state index in [-0.39, 0.29) is 22.4 Å². The maximum atomic E-state index is 14.3. The van der Waals surface area contributed by atoms with Crippen molar-refractivity contribution in [3.63, 3.8) is 0 Å². The standard InChI is InChI=1S/C29H27F10NO2/c1-25(2,3)19-8-5-11-22(14-19)42-23-12-6-10-21(15-23)40(17-24(41)27(32,33)34)16-18-7-4-9-20(13-18)26(30,31)28(35,36)29(37,38)39/h4-15,24,41H,16-17H2,1-3H3/t24-/m1/s1. The maximum Gasteiger partial charge on any atom is 0.460 e. The van der Waals surface area contributed by atoms with Crippen LogP contribution in [0.15, 0.2) is 72.8 Å². The van der Waals surface area contributed by atoms with Crippen LogP contribution >= 0.6 is 0 Å². The molecule has 42 heavy (non-hydrogen) atoms. The minimum absolute atomic E-state index is 0.0144. The fourth-order valence-electron chi connectivity index (χ4n) is 3.92. The van der Waals surface area contributed by atoms with Gasteiger partial charge in [0.05, 0.1) is 6.54 Å². The molecule has 0 spiro atoms. The number of hydrogen-bond acceptors (Lipinski definition) is 3. The number of nitrogens with zero attached hydrogens (tertiary/aromatic N) is 1. The van der Waals surface area contributed by atoms with Gasteiger partial charge in [-0.1, -0.05) is 57.2 Å². The lowest BCUT2D eigenvalue weighted by Gasteiger charge is -2.30. The number of aliphatic hydroxyl groups excluding tert-OH is 1. The molecule has 3 nitrogen and oxygen atoms in total. The van der Waals surface area contributed by atoms with Gasteiger partial charge >= 0.3 is 24.2 Å². The van der Waals surface area contributed by atoms with E-state index in [0.29, 0.717) is 17.9 Å². The molecule has 0 radical (unpaired) electrons. The molecule has 0 aliphatic rings. The predicted octanol–water partition coefficient (Wildman–Crippen LogP) is 9.00. The van der Waals surface area contributed by atoms with Gasteiger partial charge in [0.1, 0.15) is 11.5 Å². The van der Waals surface area contributed by atoms with Gasteiger partial charge in [-0.3, -0.25) is 0 Å². The molecule has 0 saturated heterocycles. The highest BCUT2D eigenvalue weighted by Gasteiger charge is 2.73. The van der Waals surface area contributed by atoms with Gasteiger partial charge in [0.15, 0.2) is 6.10 Å². The summed E-state index contributed by atoms with van der Waals surface area (Å²) in [6.45, 7) is 4.15. The second-order valence-electron chi connectivity index (χ2n) is 10.7. The van der Waals surface area contributed by atoms with Crippen LogP contribution in [-0.4, -0.2) is 36.0 Å². The third-order valence-corrected chi connectivity index (χ3v) is 6.30. The van der Waals surface area contributed by atoms with Crippen LogP contribution in [0.3, 0.4) is 0 Å². The molecular formula is C29H27F10NO2. The molecule has 0 amide bonds. The number of halogens is 10. The first kappa shape index (κ1) is 33.0. The fraction of sp³-hybridized carbons (Fsp3) is 0.379. The lowest BCUT2D eigenvalue weighted by Crippen LogP contribution is -2.50. The topological polar surface area (TPSA) is 32.7 Å². The van der Waals surface area contributed by atoms with Crippen molar-refractivity contribution in [3.8, 4) is 11.5 Å².